The molecule has 3 N–H and O–H groups in total. The smallest absolute Gasteiger partial charge is 0.258 e. The number of ether oxygens (including phenoxy) is 1. The van der Waals surface area contributed by atoms with Crippen molar-refractivity contribution >= 4 is 16.9 Å². The minimum absolute atomic E-state index is 0.0422. The van der Waals surface area contributed by atoms with Crippen molar-refractivity contribution in [1.29, 1.82) is 0 Å². The molecule has 0 radical (unpaired) electrons. The zero-order chi connectivity index (χ0) is 19.4. The molecule has 27 heavy (non-hydrogen) atoms. The van der Waals surface area contributed by atoms with Gasteiger partial charge in [0.25, 0.3) is 5.91 Å². The maximum Gasteiger partial charge on any atom is 0.258 e. The molecule has 1 atom stereocenters. The van der Waals surface area contributed by atoms with E-state index >= 15 is 0 Å². The predicted molar refractivity (Wildman–Crippen MR) is 99.8 cm³/mol. The second-order valence-corrected chi connectivity index (χ2v) is 6.10. The summed E-state index contributed by atoms with van der Waals surface area (Å²) in [5, 5.41) is 21.9. The van der Waals surface area contributed by atoms with Gasteiger partial charge >= 0.3 is 0 Å². The molecule has 0 saturated heterocycles. The number of phenolic OH excluding ortho intramolecular Hbond substituents is 1. The first kappa shape index (κ1) is 18.5. The number of carbonyl (C=O) groups excluding carboxylic acids is 1. The third-order valence-electron chi connectivity index (χ3n) is 3.81. The molecule has 7 heteroatoms. The molecule has 1 aromatic heterocycles. The van der Waals surface area contributed by atoms with Crippen molar-refractivity contribution < 1.29 is 24.2 Å². The molecule has 0 aliphatic heterocycles. The van der Waals surface area contributed by atoms with Crippen LogP contribution in [0.3, 0.4) is 0 Å². The number of nitrogens with one attached hydrogen (secondary N) is 1. The van der Waals surface area contributed by atoms with E-state index in [1.54, 1.807) is 19.1 Å². The van der Waals surface area contributed by atoms with Gasteiger partial charge in [-0.15, -0.1) is 0 Å². The van der Waals surface area contributed by atoms with Gasteiger partial charge in [-0.2, -0.15) is 0 Å². The molecule has 0 unspecified atom stereocenters. The van der Waals surface area contributed by atoms with E-state index in [1.807, 2.05) is 18.2 Å². The van der Waals surface area contributed by atoms with E-state index in [4.69, 9.17) is 14.3 Å². The van der Waals surface area contributed by atoms with Crippen molar-refractivity contribution in [2.24, 2.45) is 0 Å². The molecule has 3 aromatic rings. The van der Waals surface area contributed by atoms with Crippen molar-refractivity contribution in [1.82, 2.24) is 5.32 Å². The van der Waals surface area contributed by atoms with Gasteiger partial charge in [0.15, 0.2) is 12.0 Å². The Morgan fingerprint density at radius 2 is 1.96 bits per heavy atom. The summed E-state index contributed by atoms with van der Waals surface area (Å²) in [5.41, 5.74) is 0.495. The number of carbonyl (C=O) groups is 1. The third-order valence-corrected chi connectivity index (χ3v) is 3.81. The Bertz CT molecular complexity index is 1010. The maximum absolute atomic E-state index is 12.4. The van der Waals surface area contributed by atoms with Crippen molar-refractivity contribution in [3.05, 3.63) is 58.8 Å². The topological polar surface area (TPSA) is 109 Å². The summed E-state index contributed by atoms with van der Waals surface area (Å²) < 4.78 is 11.1. The lowest BCUT2D eigenvalue weighted by atomic mass is 10.1. The van der Waals surface area contributed by atoms with E-state index in [2.05, 4.69) is 5.32 Å². The molecule has 3 rings (SSSR count). The number of hydrogen-bond donors (Lipinski definition) is 3. The molecule has 0 fully saturated rings. The van der Waals surface area contributed by atoms with Gasteiger partial charge in [0.1, 0.15) is 28.2 Å². The summed E-state index contributed by atoms with van der Waals surface area (Å²) in [5.74, 6) is -0.171. The molecular formula is C20H19NO6. The van der Waals surface area contributed by atoms with Crippen LogP contribution in [0.5, 0.6) is 11.5 Å². The Morgan fingerprint density at radius 3 is 2.67 bits per heavy atom. The SMILES string of the molecule is C[C@H](O)CNC(=O)COc1cc(O)c2c(=O)cc(-c3ccccc3)oc2c1. The van der Waals surface area contributed by atoms with E-state index < -0.39 is 12.0 Å². The average Bonchev–Trinajstić information content (AvgIpc) is 2.64. The zero-order valence-electron chi connectivity index (χ0n) is 14.6. The molecule has 0 aliphatic carbocycles. The van der Waals surface area contributed by atoms with Crippen LogP contribution in [0.4, 0.5) is 0 Å². The number of phenols is 1. The highest BCUT2D eigenvalue weighted by molar-refractivity contribution is 5.86. The number of rotatable bonds is 6. The van der Waals surface area contributed by atoms with Crippen LogP contribution in [-0.4, -0.2) is 35.4 Å². The van der Waals surface area contributed by atoms with Crippen LogP contribution < -0.4 is 15.5 Å². The Morgan fingerprint density at radius 1 is 1.22 bits per heavy atom. The molecule has 0 saturated carbocycles. The van der Waals surface area contributed by atoms with Gasteiger partial charge in [0, 0.05) is 30.3 Å². The lowest BCUT2D eigenvalue weighted by molar-refractivity contribution is -0.123. The van der Waals surface area contributed by atoms with Crippen LogP contribution in [0.15, 0.2) is 57.7 Å². The molecule has 1 heterocycles. The Kier molecular flexibility index (Phi) is 5.42. The lowest BCUT2D eigenvalue weighted by Crippen LogP contribution is -2.34. The number of benzene rings is 2. The summed E-state index contributed by atoms with van der Waals surface area (Å²) in [4.78, 5) is 24.1. The number of aromatic hydroxyl groups is 1. The molecule has 1 amide bonds. The van der Waals surface area contributed by atoms with E-state index in [0.717, 1.165) is 5.56 Å². The summed E-state index contributed by atoms with van der Waals surface area (Å²) in [6.07, 6.45) is -0.663. The van der Waals surface area contributed by atoms with E-state index in [1.165, 1.54) is 18.2 Å². The lowest BCUT2D eigenvalue weighted by Gasteiger charge is -2.10. The molecule has 0 spiro atoms. The second-order valence-electron chi connectivity index (χ2n) is 6.10. The maximum atomic E-state index is 12.4. The largest absolute Gasteiger partial charge is 0.507 e. The van der Waals surface area contributed by atoms with Gasteiger partial charge < -0.3 is 24.7 Å². The summed E-state index contributed by atoms with van der Waals surface area (Å²) in [6.45, 7) is 1.36. The van der Waals surface area contributed by atoms with Gasteiger partial charge in [-0.1, -0.05) is 30.3 Å². The predicted octanol–water partition coefficient (Wildman–Crippen LogP) is 2.04. The average molecular weight is 369 g/mol. The van der Waals surface area contributed by atoms with Crippen LogP contribution in [-0.2, 0) is 4.79 Å². The van der Waals surface area contributed by atoms with Crippen molar-refractivity contribution in [2.75, 3.05) is 13.2 Å². The Balaban J connectivity index is 1.88. The highest BCUT2D eigenvalue weighted by Gasteiger charge is 2.13. The van der Waals surface area contributed by atoms with Gasteiger partial charge in [-0.3, -0.25) is 9.59 Å². The third kappa shape index (κ3) is 4.45. The first-order valence-corrected chi connectivity index (χ1v) is 8.38. The number of hydrogen-bond acceptors (Lipinski definition) is 6. The Hall–Kier alpha value is -3.32. The quantitative estimate of drug-likeness (QED) is 0.614. The van der Waals surface area contributed by atoms with Crippen LogP contribution in [0, 0.1) is 0 Å². The molecule has 140 valence electrons. The van der Waals surface area contributed by atoms with Crippen molar-refractivity contribution in [2.45, 2.75) is 13.0 Å². The standard InChI is InChI=1S/C20H19NO6/c1-12(22)10-21-19(25)11-26-14-7-15(23)20-16(24)9-17(27-18(20)8-14)13-5-3-2-4-6-13/h2-9,12,22-23H,10-11H2,1H3,(H,21,25)/t12-/m0/s1. The number of amides is 1. The second kappa shape index (κ2) is 7.92. The highest BCUT2D eigenvalue weighted by Crippen LogP contribution is 2.31. The fourth-order valence-electron chi connectivity index (χ4n) is 2.53. The molecule has 2 aromatic carbocycles. The minimum atomic E-state index is -0.663. The van der Waals surface area contributed by atoms with Crippen LogP contribution in [0.25, 0.3) is 22.3 Å². The highest BCUT2D eigenvalue weighted by atomic mass is 16.5. The number of aliphatic hydroxyl groups excluding tert-OH is 1. The number of aliphatic hydroxyl groups is 1. The van der Waals surface area contributed by atoms with Gasteiger partial charge in [0.2, 0.25) is 0 Å². The monoisotopic (exact) mass is 369 g/mol. The normalized spacial score (nSPS) is 11.9. The molecule has 7 nitrogen and oxygen atoms in total. The number of fused-ring (bicyclic) bond motifs is 1. The molecular weight excluding hydrogens is 350 g/mol. The first-order chi connectivity index (χ1) is 12.9. The summed E-state index contributed by atoms with van der Waals surface area (Å²) in [6, 6.07) is 13.1. The van der Waals surface area contributed by atoms with Crippen molar-refractivity contribution in [3.63, 3.8) is 0 Å². The molecule has 0 aliphatic rings. The minimum Gasteiger partial charge on any atom is -0.507 e. The van der Waals surface area contributed by atoms with Gasteiger partial charge in [-0.05, 0) is 6.92 Å². The Labute approximate surface area is 154 Å². The van der Waals surface area contributed by atoms with Gasteiger partial charge in [-0.25, -0.2) is 0 Å². The van der Waals surface area contributed by atoms with Crippen LogP contribution >= 0.6 is 0 Å². The van der Waals surface area contributed by atoms with E-state index in [0.29, 0.717) is 5.76 Å². The zero-order valence-corrected chi connectivity index (χ0v) is 14.6. The molecule has 0 bridgehead atoms. The summed E-state index contributed by atoms with van der Waals surface area (Å²) >= 11 is 0. The van der Waals surface area contributed by atoms with Crippen LogP contribution in [0.2, 0.25) is 0 Å². The van der Waals surface area contributed by atoms with E-state index in [-0.39, 0.29) is 41.0 Å². The van der Waals surface area contributed by atoms with Crippen molar-refractivity contribution in [3.8, 4) is 22.8 Å². The first-order valence-electron chi connectivity index (χ1n) is 8.38. The van der Waals surface area contributed by atoms with Gasteiger partial charge in [0.05, 0.1) is 6.10 Å². The fraction of sp³-hybridized carbons (Fsp3) is 0.200. The van der Waals surface area contributed by atoms with E-state index in [9.17, 15) is 14.7 Å². The van der Waals surface area contributed by atoms with Crippen LogP contribution in [0.1, 0.15) is 6.92 Å². The summed E-state index contributed by atoms with van der Waals surface area (Å²) in [7, 11) is 0. The fourth-order valence-corrected chi connectivity index (χ4v) is 2.53.